The smallest absolute Gasteiger partial charge is 0.404 e. The molecular formula is C6H14N2O3. The summed E-state index contributed by atoms with van der Waals surface area (Å²) in [4.78, 5) is 10.0. The number of aliphatic hydroxyl groups excluding tert-OH is 1. The monoisotopic (exact) mass is 162 g/mol. The van der Waals surface area contributed by atoms with Gasteiger partial charge in [0.1, 0.15) is 6.61 Å². The molecule has 0 aromatic rings. The van der Waals surface area contributed by atoms with Gasteiger partial charge in [-0.1, -0.05) is 0 Å². The number of amides is 1. The van der Waals surface area contributed by atoms with Crippen LogP contribution < -0.4 is 11.1 Å². The van der Waals surface area contributed by atoms with E-state index in [2.05, 4.69) is 10.1 Å². The van der Waals surface area contributed by atoms with Crippen LogP contribution in [0, 0.1) is 0 Å². The third kappa shape index (κ3) is 9.19. The van der Waals surface area contributed by atoms with Gasteiger partial charge in [-0.05, 0) is 6.92 Å². The Labute approximate surface area is 65.5 Å². The molecular weight excluding hydrogens is 148 g/mol. The van der Waals surface area contributed by atoms with E-state index in [1.165, 1.54) is 0 Å². The molecule has 0 aliphatic heterocycles. The first kappa shape index (κ1) is 10.2. The molecule has 0 saturated carbocycles. The molecule has 0 heterocycles. The summed E-state index contributed by atoms with van der Waals surface area (Å²) >= 11 is 0. The van der Waals surface area contributed by atoms with Crippen LogP contribution in [0.4, 0.5) is 4.79 Å². The molecule has 0 aromatic heterocycles. The molecule has 0 rings (SSSR count). The molecule has 0 aliphatic rings. The van der Waals surface area contributed by atoms with Crippen LogP contribution >= 0.6 is 0 Å². The van der Waals surface area contributed by atoms with Gasteiger partial charge < -0.3 is 20.9 Å². The van der Waals surface area contributed by atoms with E-state index in [-0.39, 0.29) is 12.7 Å². The summed E-state index contributed by atoms with van der Waals surface area (Å²) in [6, 6.07) is 0. The average Bonchev–Trinajstić information content (AvgIpc) is 1.85. The molecule has 5 heteroatoms. The first-order valence-electron chi connectivity index (χ1n) is 3.44. The van der Waals surface area contributed by atoms with Crippen molar-refractivity contribution >= 4 is 6.09 Å². The maximum absolute atomic E-state index is 10.0. The topological polar surface area (TPSA) is 84.6 Å². The fourth-order valence-corrected chi connectivity index (χ4v) is 0.535. The number of nitrogens with two attached hydrogens (primary N) is 1. The van der Waals surface area contributed by atoms with Crippen molar-refractivity contribution in [3.63, 3.8) is 0 Å². The van der Waals surface area contributed by atoms with E-state index >= 15 is 0 Å². The summed E-state index contributed by atoms with van der Waals surface area (Å²) in [5.41, 5.74) is 4.70. The molecule has 66 valence electrons. The van der Waals surface area contributed by atoms with Crippen LogP contribution in [0.15, 0.2) is 0 Å². The van der Waals surface area contributed by atoms with E-state index in [4.69, 9.17) is 10.8 Å². The van der Waals surface area contributed by atoms with Crippen molar-refractivity contribution in [2.75, 3.05) is 19.7 Å². The van der Waals surface area contributed by atoms with E-state index in [0.29, 0.717) is 13.1 Å². The minimum Gasteiger partial charge on any atom is -0.448 e. The highest BCUT2D eigenvalue weighted by Crippen LogP contribution is 1.75. The molecule has 0 spiro atoms. The van der Waals surface area contributed by atoms with Crippen LogP contribution in [0.5, 0.6) is 0 Å². The maximum atomic E-state index is 10.0. The highest BCUT2D eigenvalue weighted by atomic mass is 16.5. The van der Waals surface area contributed by atoms with Crippen LogP contribution in [-0.2, 0) is 4.74 Å². The Morgan fingerprint density at radius 1 is 1.82 bits per heavy atom. The fraction of sp³-hybridized carbons (Fsp3) is 0.833. The first-order chi connectivity index (χ1) is 5.13. The lowest BCUT2D eigenvalue weighted by Crippen LogP contribution is -2.29. The number of nitrogens with one attached hydrogen (secondary N) is 1. The van der Waals surface area contributed by atoms with Crippen LogP contribution in [0.3, 0.4) is 0 Å². The molecule has 0 radical (unpaired) electrons. The minimum absolute atomic E-state index is 0.238. The molecule has 5 nitrogen and oxygen atoms in total. The van der Waals surface area contributed by atoms with Gasteiger partial charge >= 0.3 is 6.09 Å². The Morgan fingerprint density at radius 2 is 2.45 bits per heavy atom. The first-order valence-corrected chi connectivity index (χ1v) is 3.44. The van der Waals surface area contributed by atoms with E-state index in [0.717, 1.165) is 0 Å². The van der Waals surface area contributed by atoms with Gasteiger partial charge in [-0.15, -0.1) is 0 Å². The van der Waals surface area contributed by atoms with Crippen molar-refractivity contribution in [3.8, 4) is 0 Å². The zero-order valence-corrected chi connectivity index (χ0v) is 6.54. The number of rotatable bonds is 5. The Balaban J connectivity index is 2.97. The normalized spacial score (nSPS) is 12.5. The number of carbonyl (C=O) groups is 1. The van der Waals surface area contributed by atoms with Gasteiger partial charge in [0, 0.05) is 13.1 Å². The van der Waals surface area contributed by atoms with Gasteiger partial charge in [0.25, 0.3) is 0 Å². The summed E-state index contributed by atoms with van der Waals surface area (Å²) in [5, 5.41) is 11.6. The SMILES string of the molecule is C[C@@H](O)CNCCOC(N)=O. The van der Waals surface area contributed by atoms with Crippen molar-refractivity contribution in [1.82, 2.24) is 5.32 Å². The molecule has 1 atom stereocenters. The van der Waals surface area contributed by atoms with Crippen molar-refractivity contribution in [2.45, 2.75) is 13.0 Å². The third-order valence-corrected chi connectivity index (χ3v) is 0.963. The quantitative estimate of drug-likeness (QED) is 0.455. The number of ether oxygens (including phenoxy) is 1. The molecule has 0 aromatic carbocycles. The Hall–Kier alpha value is -0.810. The zero-order valence-electron chi connectivity index (χ0n) is 6.54. The second-order valence-electron chi connectivity index (χ2n) is 2.22. The lowest BCUT2D eigenvalue weighted by Gasteiger charge is -2.05. The second-order valence-corrected chi connectivity index (χ2v) is 2.22. The van der Waals surface area contributed by atoms with Gasteiger partial charge in [0.2, 0.25) is 0 Å². The minimum atomic E-state index is -0.774. The van der Waals surface area contributed by atoms with Crippen LogP contribution in [0.1, 0.15) is 6.92 Å². The molecule has 0 aliphatic carbocycles. The molecule has 4 N–H and O–H groups in total. The van der Waals surface area contributed by atoms with E-state index in [9.17, 15) is 4.79 Å². The number of aliphatic hydroxyl groups is 1. The molecule has 0 fully saturated rings. The van der Waals surface area contributed by atoms with Gasteiger partial charge in [0.05, 0.1) is 6.10 Å². The molecule has 1 amide bonds. The largest absolute Gasteiger partial charge is 0.448 e. The van der Waals surface area contributed by atoms with Crippen LogP contribution in [0.25, 0.3) is 0 Å². The Kier molecular flexibility index (Phi) is 5.50. The summed E-state index contributed by atoms with van der Waals surface area (Å²) in [7, 11) is 0. The molecule has 11 heavy (non-hydrogen) atoms. The lowest BCUT2D eigenvalue weighted by molar-refractivity contribution is 0.152. The predicted molar refractivity (Wildman–Crippen MR) is 40.1 cm³/mol. The van der Waals surface area contributed by atoms with E-state index < -0.39 is 6.09 Å². The summed E-state index contributed by atoms with van der Waals surface area (Å²) in [6.45, 7) is 2.90. The standard InChI is InChI=1S/C6H14N2O3/c1-5(9)4-8-2-3-11-6(7)10/h5,8-9H,2-4H2,1H3,(H2,7,10)/t5-/m1/s1. The Morgan fingerprint density at radius 3 is 2.91 bits per heavy atom. The van der Waals surface area contributed by atoms with E-state index in [1.807, 2.05) is 0 Å². The Bertz CT molecular complexity index is 116. The highest BCUT2D eigenvalue weighted by Gasteiger charge is 1.95. The van der Waals surface area contributed by atoms with E-state index in [1.54, 1.807) is 6.92 Å². The number of carbonyl (C=O) groups excluding carboxylic acids is 1. The third-order valence-electron chi connectivity index (χ3n) is 0.963. The van der Waals surface area contributed by atoms with Crippen LogP contribution in [0.2, 0.25) is 0 Å². The second kappa shape index (κ2) is 5.94. The number of primary amides is 1. The van der Waals surface area contributed by atoms with Gasteiger partial charge in [0.15, 0.2) is 0 Å². The lowest BCUT2D eigenvalue weighted by atomic mass is 10.4. The van der Waals surface area contributed by atoms with Crippen molar-refractivity contribution in [3.05, 3.63) is 0 Å². The number of hydrogen-bond acceptors (Lipinski definition) is 4. The molecule has 0 unspecified atom stereocenters. The summed E-state index contributed by atoms with van der Waals surface area (Å²) < 4.78 is 4.42. The van der Waals surface area contributed by atoms with Gasteiger partial charge in [-0.3, -0.25) is 0 Å². The summed E-state index contributed by atoms with van der Waals surface area (Å²) in [5.74, 6) is 0. The van der Waals surface area contributed by atoms with Gasteiger partial charge in [-0.25, -0.2) is 4.79 Å². The maximum Gasteiger partial charge on any atom is 0.404 e. The molecule has 0 bridgehead atoms. The molecule has 0 saturated heterocycles. The summed E-state index contributed by atoms with van der Waals surface area (Å²) in [6.07, 6.45) is -1.16. The van der Waals surface area contributed by atoms with Crippen molar-refractivity contribution < 1.29 is 14.6 Å². The average molecular weight is 162 g/mol. The number of hydrogen-bond donors (Lipinski definition) is 3. The van der Waals surface area contributed by atoms with Crippen molar-refractivity contribution in [2.24, 2.45) is 5.73 Å². The zero-order chi connectivity index (χ0) is 8.69. The van der Waals surface area contributed by atoms with Crippen LogP contribution in [-0.4, -0.2) is 37.0 Å². The van der Waals surface area contributed by atoms with Crippen molar-refractivity contribution in [1.29, 1.82) is 0 Å². The predicted octanol–water partition coefficient (Wildman–Crippen LogP) is -0.948. The fourth-order valence-electron chi connectivity index (χ4n) is 0.535. The van der Waals surface area contributed by atoms with Gasteiger partial charge in [-0.2, -0.15) is 0 Å². The highest BCUT2D eigenvalue weighted by molar-refractivity contribution is 5.64.